The summed E-state index contributed by atoms with van der Waals surface area (Å²) in [6.45, 7) is 5.00. The quantitative estimate of drug-likeness (QED) is 0.416. The zero-order valence-electron chi connectivity index (χ0n) is 19.9. The van der Waals surface area contributed by atoms with E-state index in [-0.39, 0.29) is 18.0 Å². The van der Waals surface area contributed by atoms with Crippen LogP contribution >= 0.6 is 11.6 Å². The Morgan fingerprint density at radius 2 is 1.86 bits per heavy atom. The number of piperazine rings is 1. The van der Waals surface area contributed by atoms with E-state index in [0.29, 0.717) is 50.7 Å². The molecule has 1 aromatic heterocycles. The SMILES string of the molecule is Cc1cc(Cl)ccc1OCCCC(=O)N1CCN(c2ccc(S(=O)(=O)Nc3ccncn3)cc2)CC1.[HH]. The van der Waals surface area contributed by atoms with Gasteiger partial charge in [-0.25, -0.2) is 18.4 Å². The molecule has 1 aliphatic heterocycles. The maximum Gasteiger partial charge on any atom is 0.263 e. The Hall–Kier alpha value is -3.37. The first-order valence-electron chi connectivity index (χ1n) is 11.6. The highest BCUT2D eigenvalue weighted by molar-refractivity contribution is 7.92. The number of ether oxygens (including phenoxy) is 1. The van der Waals surface area contributed by atoms with Gasteiger partial charge in [0.1, 0.15) is 17.9 Å². The molecule has 11 heteroatoms. The van der Waals surface area contributed by atoms with E-state index in [1.54, 1.807) is 30.3 Å². The summed E-state index contributed by atoms with van der Waals surface area (Å²) in [5.74, 6) is 1.11. The number of hydrogen-bond acceptors (Lipinski definition) is 7. The number of aryl methyl sites for hydroxylation is 1. The van der Waals surface area contributed by atoms with Gasteiger partial charge in [-0.05, 0) is 67.4 Å². The molecule has 2 heterocycles. The first-order valence-corrected chi connectivity index (χ1v) is 13.5. The maximum atomic E-state index is 12.6. The molecule has 0 spiro atoms. The van der Waals surface area contributed by atoms with Crippen molar-refractivity contribution in [1.29, 1.82) is 0 Å². The van der Waals surface area contributed by atoms with Gasteiger partial charge in [0.2, 0.25) is 5.91 Å². The fraction of sp³-hybridized carbons (Fsp3) is 0.320. The third-order valence-corrected chi connectivity index (χ3v) is 7.50. The number of aromatic nitrogens is 2. The molecule has 0 atom stereocenters. The van der Waals surface area contributed by atoms with E-state index < -0.39 is 10.0 Å². The van der Waals surface area contributed by atoms with Crippen LogP contribution in [0.2, 0.25) is 5.02 Å². The average molecular weight is 532 g/mol. The number of rotatable bonds is 9. The van der Waals surface area contributed by atoms with Crippen molar-refractivity contribution in [3.05, 3.63) is 71.6 Å². The summed E-state index contributed by atoms with van der Waals surface area (Å²) in [6.07, 6.45) is 3.81. The molecule has 0 radical (unpaired) electrons. The largest absolute Gasteiger partial charge is 0.493 e. The second-order valence-electron chi connectivity index (χ2n) is 8.42. The third kappa shape index (κ3) is 6.64. The highest BCUT2D eigenvalue weighted by atomic mass is 35.5. The monoisotopic (exact) mass is 531 g/mol. The van der Waals surface area contributed by atoms with Crippen molar-refractivity contribution in [3.63, 3.8) is 0 Å². The topological polar surface area (TPSA) is 105 Å². The van der Waals surface area contributed by atoms with Gasteiger partial charge >= 0.3 is 0 Å². The maximum absolute atomic E-state index is 12.6. The van der Waals surface area contributed by atoms with Crippen LogP contribution in [0.15, 0.2) is 66.0 Å². The van der Waals surface area contributed by atoms with Gasteiger partial charge < -0.3 is 14.5 Å². The molecule has 3 aromatic rings. The van der Waals surface area contributed by atoms with Crippen molar-refractivity contribution in [2.75, 3.05) is 42.4 Å². The third-order valence-electron chi connectivity index (χ3n) is 5.89. The number of anilines is 2. The Kier molecular flexibility index (Phi) is 8.27. The summed E-state index contributed by atoms with van der Waals surface area (Å²) in [7, 11) is -3.74. The second kappa shape index (κ2) is 11.6. The van der Waals surface area contributed by atoms with Crippen molar-refractivity contribution in [2.45, 2.75) is 24.7 Å². The number of amides is 1. The molecule has 36 heavy (non-hydrogen) atoms. The van der Waals surface area contributed by atoms with E-state index >= 15 is 0 Å². The normalized spacial score (nSPS) is 13.9. The minimum Gasteiger partial charge on any atom is -0.493 e. The van der Waals surface area contributed by atoms with Gasteiger partial charge in [0, 0.05) is 50.9 Å². The van der Waals surface area contributed by atoms with Crippen LogP contribution in [0.4, 0.5) is 11.5 Å². The van der Waals surface area contributed by atoms with Crippen LogP contribution in [0.3, 0.4) is 0 Å². The predicted molar refractivity (Wildman–Crippen MR) is 141 cm³/mol. The molecule has 0 aliphatic carbocycles. The second-order valence-corrected chi connectivity index (χ2v) is 10.5. The molecule has 1 fully saturated rings. The summed E-state index contributed by atoms with van der Waals surface area (Å²) in [4.78, 5) is 24.5. The van der Waals surface area contributed by atoms with Crippen LogP contribution in [0.1, 0.15) is 19.8 Å². The van der Waals surface area contributed by atoms with E-state index in [2.05, 4.69) is 19.6 Å². The standard InChI is InChI=1S/C25H28ClN5O4S.H2/c1-19-17-20(26)4-9-23(19)35-16-2-3-25(32)31-14-12-30(13-15-31)21-5-7-22(8-6-21)36(33,34)29-24-10-11-27-18-28-24;/h4-11,17-18H,2-3,12-16H2,1H3,(H,27,28,29);1H. The number of carbonyl (C=O) groups excluding carboxylic acids is 1. The van der Waals surface area contributed by atoms with Gasteiger partial charge in [0.05, 0.1) is 11.5 Å². The van der Waals surface area contributed by atoms with Crippen molar-refractivity contribution in [1.82, 2.24) is 14.9 Å². The summed E-state index contributed by atoms with van der Waals surface area (Å²) in [6, 6.07) is 13.7. The molecule has 0 saturated carbocycles. The highest BCUT2D eigenvalue weighted by Crippen LogP contribution is 2.23. The lowest BCUT2D eigenvalue weighted by Gasteiger charge is -2.36. The van der Waals surface area contributed by atoms with Crippen molar-refractivity contribution in [3.8, 4) is 5.75 Å². The molecule has 1 N–H and O–H groups in total. The van der Waals surface area contributed by atoms with Crippen LogP contribution in [0, 0.1) is 6.92 Å². The van der Waals surface area contributed by atoms with Crippen molar-refractivity contribution < 1.29 is 19.4 Å². The van der Waals surface area contributed by atoms with Gasteiger partial charge in [-0.3, -0.25) is 9.52 Å². The highest BCUT2D eigenvalue weighted by Gasteiger charge is 2.22. The zero-order chi connectivity index (χ0) is 25.5. The van der Waals surface area contributed by atoms with E-state index in [4.69, 9.17) is 16.3 Å². The van der Waals surface area contributed by atoms with Crippen molar-refractivity contribution >= 4 is 39.0 Å². The lowest BCUT2D eigenvalue weighted by molar-refractivity contribution is -0.131. The van der Waals surface area contributed by atoms with Crippen LogP contribution in [-0.2, 0) is 14.8 Å². The van der Waals surface area contributed by atoms with E-state index in [1.165, 1.54) is 18.6 Å². The Bertz CT molecular complexity index is 1290. The minimum absolute atomic E-state index is 0. The summed E-state index contributed by atoms with van der Waals surface area (Å²) in [5.41, 5.74) is 1.88. The van der Waals surface area contributed by atoms with Crippen LogP contribution in [0.25, 0.3) is 0 Å². The molecule has 9 nitrogen and oxygen atoms in total. The number of halogens is 1. The number of nitrogens with one attached hydrogen (secondary N) is 1. The molecule has 2 aromatic carbocycles. The predicted octanol–water partition coefficient (Wildman–Crippen LogP) is 3.99. The zero-order valence-corrected chi connectivity index (χ0v) is 21.5. The Morgan fingerprint density at radius 1 is 1.11 bits per heavy atom. The molecular formula is C25H30ClN5O4S. The van der Waals surface area contributed by atoms with Crippen LogP contribution in [-0.4, -0.2) is 62.0 Å². The number of benzene rings is 2. The van der Waals surface area contributed by atoms with Crippen LogP contribution < -0.4 is 14.4 Å². The number of sulfonamides is 1. The van der Waals surface area contributed by atoms with Gasteiger partial charge in [-0.2, -0.15) is 0 Å². The Morgan fingerprint density at radius 3 is 2.53 bits per heavy atom. The summed E-state index contributed by atoms with van der Waals surface area (Å²) >= 11 is 5.97. The molecule has 4 rings (SSSR count). The molecule has 1 saturated heterocycles. The van der Waals surface area contributed by atoms with Crippen LogP contribution in [0.5, 0.6) is 5.75 Å². The minimum atomic E-state index is -3.74. The molecular weight excluding hydrogens is 502 g/mol. The molecule has 192 valence electrons. The van der Waals surface area contributed by atoms with Crippen molar-refractivity contribution in [2.24, 2.45) is 0 Å². The molecule has 1 aliphatic rings. The van der Waals surface area contributed by atoms with E-state index in [1.807, 2.05) is 24.0 Å². The smallest absolute Gasteiger partial charge is 0.263 e. The average Bonchev–Trinajstić information content (AvgIpc) is 2.88. The van der Waals surface area contributed by atoms with E-state index in [0.717, 1.165) is 17.0 Å². The summed E-state index contributed by atoms with van der Waals surface area (Å²) < 4.78 is 33.4. The van der Waals surface area contributed by atoms with E-state index in [9.17, 15) is 13.2 Å². The molecule has 0 bridgehead atoms. The fourth-order valence-corrected chi connectivity index (χ4v) is 5.17. The molecule has 0 unspecified atom stereocenters. The Balaban J connectivity index is 0.00000380. The first-order chi connectivity index (χ1) is 17.3. The van der Waals surface area contributed by atoms with Gasteiger partial charge in [0.15, 0.2) is 0 Å². The Labute approximate surface area is 217 Å². The van der Waals surface area contributed by atoms with Gasteiger partial charge in [-0.1, -0.05) is 11.6 Å². The lowest BCUT2D eigenvalue weighted by atomic mass is 10.2. The number of nitrogens with zero attached hydrogens (tertiary/aromatic N) is 4. The number of carbonyl (C=O) groups is 1. The number of hydrogen-bond donors (Lipinski definition) is 1. The van der Waals surface area contributed by atoms with Gasteiger partial charge in [-0.15, -0.1) is 0 Å². The lowest BCUT2D eigenvalue weighted by Crippen LogP contribution is -2.48. The first kappa shape index (κ1) is 25.7. The van der Waals surface area contributed by atoms with Gasteiger partial charge in [0.25, 0.3) is 10.0 Å². The fourth-order valence-electron chi connectivity index (χ4n) is 3.94. The molecule has 1 amide bonds. The summed E-state index contributed by atoms with van der Waals surface area (Å²) in [5, 5.41) is 0.672.